The number of hydrogen-bond acceptors (Lipinski definition) is 3. The number of rotatable bonds is 7. The molecule has 1 atom stereocenters. The Morgan fingerprint density at radius 1 is 0.967 bits per heavy atom. The Labute approximate surface area is 184 Å². The van der Waals surface area contributed by atoms with Crippen molar-refractivity contribution in [3.8, 4) is 11.5 Å². The van der Waals surface area contributed by atoms with Crippen molar-refractivity contribution in [1.29, 1.82) is 0 Å². The SMILES string of the molecule is CP(=O)(O)COc1cc(Cl)c(Cc2ccc(O)c(Cc3ccc(F)cc3)c2)c(Cl)c1. The Balaban J connectivity index is 1.80. The van der Waals surface area contributed by atoms with E-state index in [0.717, 1.165) is 11.1 Å². The highest BCUT2D eigenvalue weighted by molar-refractivity contribution is 7.56. The summed E-state index contributed by atoms with van der Waals surface area (Å²) in [5.74, 6) is 0.152. The summed E-state index contributed by atoms with van der Waals surface area (Å²) < 4.78 is 29.8. The molecule has 0 aromatic heterocycles. The van der Waals surface area contributed by atoms with E-state index in [1.165, 1.54) is 18.8 Å². The first-order chi connectivity index (χ1) is 14.1. The average molecular weight is 469 g/mol. The number of benzene rings is 3. The third kappa shape index (κ3) is 6.23. The molecule has 0 bridgehead atoms. The lowest BCUT2D eigenvalue weighted by Gasteiger charge is -2.13. The largest absolute Gasteiger partial charge is 0.508 e. The number of hydrogen-bond donors (Lipinski definition) is 2. The number of phenolic OH excluding ortho intramolecular Hbond substituents is 1. The van der Waals surface area contributed by atoms with Crippen LogP contribution in [0.1, 0.15) is 22.3 Å². The highest BCUT2D eigenvalue weighted by atomic mass is 35.5. The molecule has 30 heavy (non-hydrogen) atoms. The van der Waals surface area contributed by atoms with Gasteiger partial charge in [0.15, 0.2) is 6.35 Å². The van der Waals surface area contributed by atoms with Gasteiger partial charge in [-0.2, -0.15) is 0 Å². The minimum absolute atomic E-state index is 0.150. The summed E-state index contributed by atoms with van der Waals surface area (Å²) in [4.78, 5) is 9.36. The molecular formula is C22H20Cl2FO4P. The lowest BCUT2D eigenvalue weighted by Crippen LogP contribution is -1.99. The lowest BCUT2D eigenvalue weighted by atomic mass is 9.98. The minimum atomic E-state index is -3.32. The molecule has 0 aliphatic carbocycles. The van der Waals surface area contributed by atoms with Crippen molar-refractivity contribution in [3.05, 3.63) is 92.7 Å². The molecule has 0 radical (unpaired) electrons. The molecule has 0 fully saturated rings. The zero-order valence-electron chi connectivity index (χ0n) is 16.1. The minimum Gasteiger partial charge on any atom is -0.508 e. The highest BCUT2D eigenvalue weighted by Crippen LogP contribution is 2.38. The molecule has 8 heteroatoms. The number of halogens is 3. The topological polar surface area (TPSA) is 66.8 Å². The quantitative estimate of drug-likeness (QED) is 0.401. The van der Waals surface area contributed by atoms with Crippen molar-refractivity contribution in [2.24, 2.45) is 0 Å². The molecule has 3 rings (SSSR count). The lowest BCUT2D eigenvalue weighted by molar-refractivity contribution is 0.352. The van der Waals surface area contributed by atoms with Crippen LogP contribution in [0.5, 0.6) is 11.5 Å². The van der Waals surface area contributed by atoms with Crippen LogP contribution in [-0.4, -0.2) is 23.0 Å². The summed E-state index contributed by atoms with van der Waals surface area (Å²) in [6, 6.07) is 14.5. The summed E-state index contributed by atoms with van der Waals surface area (Å²) in [5.41, 5.74) is 3.13. The first kappa shape index (κ1) is 22.6. The zero-order valence-corrected chi connectivity index (χ0v) is 18.5. The molecular weight excluding hydrogens is 449 g/mol. The number of phenols is 1. The average Bonchev–Trinajstić information content (AvgIpc) is 2.66. The third-order valence-corrected chi connectivity index (χ3v) is 5.70. The highest BCUT2D eigenvalue weighted by Gasteiger charge is 2.15. The fourth-order valence-corrected chi connectivity index (χ4v) is 3.93. The van der Waals surface area contributed by atoms with Gasteiger partial charge in [-0.05, 0) is 52.6 Å². The zero-order chi connectivity index (χ0) is 21.9. The Bertz CT molecular complexity index is 1070. The monoisotopic (exact) mass is 468 g/mol. The first-order valence-electron chi connectivity index (χ1n) is 9.06. The van der Waals surface area contributed by atoms with E-state index < -0.39 is 7.37 Å². The van der Waals surface area contributed by atoms with Crippen LogP contribution in [0.3, 0.4) is 0 Å². The third-order valence-electron chi connectivity index (χ3n) is 4.42. The van der Waals surface area contributed by atoms with E-state index in [0.29, 0.717) is 39.8 Å². The molecule has 2 N–H and O–H groups in total. The predicted octanol–water partition coefficient (Wildman–Crippen LogP) is 6.26. The van der Waals surface area contributed by atoms with Gasteiger partial charge in [0.2, 0.25) is 7.37 Å². The molecule has 3 aromatic rings. The van der Waals surface area contributed by atoms with Crippen LogP contribution in [0.2, 0.25) is 10.0 Å². The van der Waals surface area contributed by atoms with Crippen LogP contribution in [0.4, 0.5) is 4.39 Å². The Hall–Kier alpha value is -2.04. The fraction of sp³-hybridized carbons (Fsp3) is 0.182. The molecule has 4 nitrogen and oxygen atoms in total. The number of aromatic hydroxyl groups is 1. The maximum atomic E-state index is 13.1. The van der Waals surface area contributed by atoms with E-state index >= 15 is 0 Å². The molecule has 0 amide bonds. The Morgan fingerprint density at radius 3 is 2.17 bits per heavy atom. The van der Waals surface area contributed by atoms with Crippen LogP contribution >= 0.6 is 30.6 Å². The molecule has 0 saturated heterocycles. The summed E-state index contributed by atoms with van der Waals surface area (Å²) in [5, 5.41) is 10.9. The molecule has 0 aliphatic rings. The molecule has 3 aromatic carbocycles. The molecule has 0 aliphatic heterocycles. The van der Waals surface area contributed by atoms with E-state index in [1.807, 2.05) is 6.07 Å². The molecule has 0 spiro atoms. The number of ether oxygens (including phenoxy) is 1. The predicted molar refractivity (Wildman–Crippen MR) is 118 cm³/mol. The van der Waals surface area contributed by atoms with Gasteiger partial charge in [-0.15, -0.1) is 0 Å². The van der Waals surface area contributed by atoms with Crippen molar-refractivity contribution < 1.29 is 23.7 Å². The van der Waals surface area contributed by atoms with Gasteiger partial charge >= 0.3 is 0 Å². The molecule has 0 heterocycles. The van der Waals surface area contributed by atoms with Gasteiger partial charge in [-0.1, -0.05) is 47.5 Å². The van der Waals surface area contributed by atoms with Gasteiger partial charge in [-0.3, -0.25) is 4.57 Å². The van der Waals surface area contributed by atoms with E-state index in [4.69, 9.17) is 27.9 Å². The molecule has 158 valence electrons. The maximum absolute atomic E-state index is 13.1. The van der Waals surface area contributed by atoms with E-state index in [-0.39, 0.29) is 17.9 Å². The van der Waals surface area contributed by atoms with Crippen molar-refractivity contribution in [2.45, 2.75) is 12.8 Å². The molecule has 0 saturated carbocycles. The van der Waals surface area contributed by atoms with Crippen molar-refractivity contribution in [3.63, 3.8) is 0 Å². The van der Waals surface area contributed by atoms with Crippen molar-refractivity contribution in [1.82, 2.24) is 0 Å². The second-order valence-electron chi connectivity index (χ2n) is 7.13. The van der Waals surface area contributed by atoms with Gasteiger partial charge < -0.3 is 14.7 Å². The van der Waals surface area contributed by atoms with E-state index in [9.17, 15) is 19.0 Å². The van der Waals surface area contributed by atoms with Crippen LogP contribution in [0.15, 0.2) is 54.6 Å². The smallest absolute Gasteiger partial charge is 0.233 e. The second kappa shape index (κ2) is 9.40. The summed E-state index contributed by atoms with van der Waals surface area (Å²) in [6.07, 6.45) is 0.539. The van der Waals surface area contributed by atoms with Crippen molar-refractivity contribution >= 4 is 30.6 Å². The van der Waals surface area contributed by atoms with Gasteiger partial charge in [0.1, 0.15) is 17.3 Å². The maximum Gasteiger partial charge on any atom is 0.233 e. The molecule has 1 unspecified atom stereocenters. The van der Waals surface area contributed by atoms with E-state index in [2.05, 4.69) is 0 Å². The van der Waals surface area contributed by atoms with Crippen LogP contribution < -0.4 is 4.74 Å². The van der Waals surface area contributed by atoms with Gasteiger partial charge in [0.05, 0.1) is 0 Å². The van der Waals surface area contributed by atoms with Gasteiger partial charge in [-0.25, -0.2) is 4.39 Å². The van der Waals surface area contributed by atoms with Crippen molar-refractivity contribution in [2.75, 3.05) is 13.0 Å². The summed E-state index contributed by atoms with van der Waals surface area (Å²) in [7, 11) is -3.32. The Kier molecular flexibility index (Phi) is 7.10. The van der Waals surface area contributed by atoms with Crippen LogP contribution in [0.25, 0.3) is 0 Å². The van der Waals surface area contributed by atoms with E-state index in [1.54, 1.807) is 36.4 Å². The standard InChI is InChI=1S/C22H20Cl2FO4P/c1-30(27,28)13-29-18-11-20(23)19(21(24)12-18)10-15-4-7-22(26)16(9-15)8-14-2-5-17(25)6-3-14/h2-7,9,11-12,26H,8,10,13H2,1H3,(H,27,28). The van der Waals surface area contributed by atoms with Gasteiger partial charge in [0.25, 0.3) is 0 Å². The summed E-state index contributed by atoms with van der Waals surface area (Å²) in [6.45, 7) is 1.21. The van der Waals surface area contributed by atoms with Crippen LogP contribution in [0, 0.1) is 5.82 Å². The first-order valence-corrected chi connectivity index (χ1v) is 12.1. The fourth-order valence-electron chi connectivity index (χ4n) is 2.94. The summed E-state index contributed by atoms with van der Waals surface area (Å²) >= 11 is 12.7. The second-order valence-corrected chi connectivity index (χ2v) is 10.3. The normalized spacial score (nSPS) is 13.1. The van der Waals surface area contributed by atoms with Gasteiger partial charge in [0, 0.05) is 29.6 Å². The van der Waals surface area contributed by atoms with Crippen LogP contribution in [-0.2, 0) is 17.4 Å². The Morgan fingerprint density at radius 2 is 1.57 bits per heavy atom.